The van der Waals surface area contributed by atoms with Gasteiger partial charge in [0.25, 0.3) is 0 Å². The van der Waals surface area contributed by atoms with Crippen LogP contribution in [0.15, 0.2) is 25.0 Å². The molecule has 2 N–H and O–H groups in total. The molecule has 0 aromatic carbocycles. The predicted octanol–water partition coefficient (Wildman–Crippen LogP) is 2.01. The summed E-state index contributed by atoms with van der Waals surface area (Å²) >= 11 is 6.17. The Morgan fingerprint density at radius 1 is 1.32 bits per heavy atom. The number of nitrogens with zero attached hydrogens (tertiary/aromatic N) is 4. The summed E-state index contributed by atoms with van der Waals surface area (Å²) < 4.78 is 0. The van der Waals surface area contributed by atoms with E-state index in [1.165, 1.54) is 6.33 Å². The largest absolute Gasteiger partial charge is 0.359 e. The number of rotatable bonds is 4. The van der Waals surface area contributed by atoms with Crippen LogP contribution in [0.1, 0.15) is 5.69 Å². The monoisotopic (exact) mass is 276 g/mol. The summed E-state index contributed by atoms with van der Waals surface area (Å²) in [6.07, 6.45) is 7.64. The molecular weight excluding hydrogens is 264 g/mol. The molecule has 0 aliphatic carbocycles. The molecule has 0 saturated carbocycles. The fourth-order valence-corrected chi connectivity index (χ4v) is 2.24. The third-order valence-electron chi connectivity index (χ3n) is 3.03. The number of imidazole rings is 1. The van der Waals surface area contributed by atoms with E-state index < -0.39 is 0 Å². The van der Waals surface area contributed by atoms with E-state index in [1.54, 1.807) is 12.5 Å². The molecule has 0 aliphatic heterocycles. The standard InChI is InChI=1S/C12H13ClN6/c1-19(3-2-8-4-14-6-16-8)12-10-9(13)5-15-11(10)17-7-18-12/h4-7H,2-3H2,1H3,(H,14,16)(H,15,17,18). The van der Waals surface area contributed by atoms with Gasteiger partial charge in [0.05, 0.1) is 16.7 Å². The molecule has 3 rings (SSSR count). The molecule has 19 heavy (non-hydrogen) atoms. The van der Waals surface area contributed by atoms with Crippen molar-refractivity contribution in [2.45, 2.75) is 6.42 Å². The lowest BCUT2D eigenvalue weighted by Gasteiger charge is -2.18. The fraction of sp³-hybridized carbons (Fsp3) is 0.250. The zero-order chi connectivity index (χ0) is 13.2. The summed E-state index contributed by atoms with van der Waals surface area (Å²) in [6.45, 7) is 0.815. The van der Waals surface area contributed by atoms with Gasteiger partial charge >= 0.3 is 0 Å². The van der Waals surface area contributed by atoms with Crippen LogP contribution in [-0.2, 0) is 6.42 Å². The number of hydrogen-bond donors (Lipinski definition) is 2. The zero-order valence-corrected chi connectivity index (χ0v) is 11.1. The molecule has 0 radical (unpaired) electrons. The lowest BCUT2D eigenvalue weighted by Crippen LogP contribution is -2.21. The smallest absolute Gasteiger partial charge is 0.144 e. The van der Waals surface area contributed by atoms with E-state index in [1.807, 2.05) is 13.2 Å². The minimum atomic E-state index is 0.638. The first-order valence-corrected chi connectivity index (χ1v) is 6.29. The van der Waals surface area contributed by atoms with Crippen LogP contribution in [0.2, 0.25) is 5.02 Å². The van der Waals surface area contributed by atoms with Crippen LogP contribution in [0.4, 0.5) is 5.82 Å². The fourth-order valence-electron chi connectivity index (χ4n) is 2.01. The predicted molar refractivity (Wildman–Crippen MR) is 74.5 cm³/mol. The average Bonchev–Trinajstić information content (AvgIpc) is 3.06. The lowest BCUT2D eigenvalue weighted by molar-refractivity contribution is 0.846. The topological polar surface area (TPSA) is 73.5 Å². The van der Waals surface area contributed by atoms with Crippen LogP contribution in [0.3, 0.4) is 0 Å². The SMILES string of the molecule is CN(CCc1cnc[nH]1)c1ncnc2[nH]cc(Cl)c12. The molecule has 0 amide bonds. The van der Waals surface area contributed by atoms with Gasteiger partial charge in [-0.2, -0.15) is 0 Å². The van der Waals surface area contributed by atoms with Crippen molar-refractivity contribution in [1.82, 2.24) is 24.9 Å². The van der Waals surface area contributed by atoms with Gasteiger partial charge < -0.3 is 14.9 Å². The van der Waals surface area contributed by atoms with E-state index in [2.05, 4.69) is 29.8 Å². The summed E-state index contributed by atoms with van der Waals surface area (Å²) in [4.78, 5) is 20.7. The Balaban J connectivity index is 1.85. The number of aromatic nitrogens is 5. The van der Waals surface area contributed by atoms with E-state index in [0.29, 0.717) is 5.02 Å². The molecule has 0 aliphatic rings. The van der Waals surface area contributed by atoms with Gasteiger partial charge in [0.1, 0.15) is 17.8 Å². The maximum Gasteiger partial charge on any atom is 0.144 e. The normalized spacial score (nSPS) is 11.1. The van der Waals surface area contributed by atoms with E-state index in [4.69, 9.17) is 11.6 Å². The van der Waals surface area contributed by atoms with Crippen LogP contribution in [0.5, 0.6) is 0 Å². The molecular formula is C12H13ClN6. The molecule has 0 saturated heterocycles. The van der Waals surface area contributed by atoms with Crippen LogP contribution in [0.25, 0.3) is 11.0 Å². The summed E-state index contributed by atoms with van der Waals surface area (Å²) in [5.74, 6) is 0.829. The Hall–Kier alpha value is -2.08. The highest BCUT2D eigenvalue weighted by molar-refractivity contribution is 6.36. The highest BCUT2D eigenvalue weighted by atomic mass is 35.5. The van der Waals surface area contributed by atoms with Gasteiger partial charge in [0.2, 0.25) is 0 Å². The molecule has 98 valence electrons. The van der Waals surface area contributed by atoms with Gasteiger partial charge in [-0.15, -0.1) is 0 Å². The van der Waals surface area contributed by atoms with Crippen molar-refractivity contribution < 1.29 is 0 Å². The van der Waals surface area contributed by atoms with Crippen molar-refractivity contribution in [3.05, 3.63) is 35.8 Å². The van der Waals surface area contributed by atoms with E-state index in [9.17, 15) is 0 Å². The molecule has 0 fully saturated rings. The number of anilines is 1. The second kappa shape index (κ2) is 4.89. The number of hydrogen-bond acceptors (Lipinski definition) is 4. The first-order valence-electron chi connectivity index (χ1n) is 5.91. The second-order valence-corrected chi connectivity index (χ2v) is 4.71. The Kier molecular flexibility index (Phi) is 3.08. The summed E-state index contributed by atoms with van der Waals surface area (Å²) in [5, 5.41) is 1.50. The van der Waals surface area contributed by atoms with Crippen molar-refractivity contribution in [3.8, 4) is 0 Å². The number of fused-ring (bicyclic) bond motifs is 1. The van der Waals surface area contributed by atoms with Crippen molar-refractivity contribution in [1.29, 1.82) is 0 Å². The van der Waals surface area contributed by atoms with E-state index in [0.717, 1.165) is 35.5 Å². The van der Waals surface area contributed by atoms with Gasteiger partial charge in [0.15, 0.2) is 0 Å². The van der Waals surface area contributed by atoms with Crippen molar-refractivity contribution in [2.24, 2.45) is 0 Å². The molecule has 3 aromatic rings. The van der Waals surface area contributed by atoms with Crippen LogP contribution in [0, 0.1) is 0 Å². The van der Waals surface area contributed by atoms with Gasteiger partial charge in [-0.05, 0) is 0 Å². The van der Waals surface area contributed by atoms with Gasteiger partial charge in [-0.1, -0.05) is 11.6 Å². The average molecular weight is 277 g/mol. The first kappa shape index (κ1) is 12.0. The molecule has 3 aromatic heterocycles. The molecule has 0 unspecified atom stereocenters. The number of halogens is 1. The van der Waals surface area contributed by atoms with Crippen LogP contribution in [-0.4, -0.2) is 38.5 Å². The van der Waals surface area contributed by atoms with E-state index >= 15 is 0 Å². The van der Waals surface area contributed by atoms with Gasteiger partial charge in [-0.3, -0.25) is 0 Å². The van der Waals surface area contributed by atoms with Crippen molar-refractivity contribution in [3.63, 3.8) is 0 Å². The molecule has 0 atom stereocenters. The number of aromatic amines is 2. The van der Waals surface area contributed by atoms with Crippen LogP contribution < -0.4 is 4.90 Å². The Morgan fingerprint density at radius 2 is 2.21 bits per heavy atom. The van der Waals surface area contributed by atoms with Gasteiger partial charge in [0, 0.05) is 38.1 Å². The van der Waals surface area contributed by atoms with Crippen molar-refractivity contribution in [2.75, 3.05) is 18.5 Å². The highest BCUT2D eigenvalue weighted by Gasteiger charge is 2.13. The molecule has 7 heteroatoms. The Bertz CT molecular complexity index is 675. The molecule has 0 spiro atoms. The Labute approximate surface area is 114 Å². The zero-order valence-electron chi connectivity index (χ0n) is 10.4. The number of likely N-dealkylation sites (N-methyl/N-ethyl adjacent to an activating group) is 1. The summed E-state index contributed by atoms with van der Waals surface area (Å²) in [5.41, 5.74) is 1.85. The third kappa shape index (κ3) is 2.26. The quantitative estimate of drug-likeness (QED) is 0.764. The van der Waals surface area contributed by atoms with E-state index in [-0.39, 0.29) is 0 Å². The first-order chi connectivity index (χ1) is 9.25. The second-order valence-electron chi connectivity index (χ2n) is 4.31. The Morgan fingerprint density at radius 3 is 3.00 bits per heavy atom. The third-order valence-corrected chi connectivity index (χ3v) is 3.33. The summed E-state index contributed by atoms with van der Waals surface area (Å²) in [6, 6.07) is 0. The van der Waals surface area contributed by atoms with Crippen LogP contribution >= 0.6 is 11.6 Å². The summed E-state index contributed by atoms with van der Waals surface area (Å²) in [7, 11) is 1.99. The van der Waals surface area contributed by atoms with Crippen molar-refractivity contribution >= 4 is 28.5 Å². The lowest BCUT2D eigenvalue weighted by atomic mass is 10.3. The molecule has 3 heterocycles. The van der Waals surface area contributed by atoms with Gasteiger partial charge in [-0.25, -0.2) is 15.0 Å². The highest BCUT2D eigenvalue weighted by Crippen LogP contribution is 2.28. The number of H-pyrrole nitrogens is 2. The molecule has 6 nitrogen and oxygen atoms in total. The maximum atomic E-state index is 6.17. The maximum absolute atomic E-state index is 6.17. The molecule has 0 bridgehead atoms. The number of nitrogens with one attached hydrogen (secondary N) is 2. The minimum absolute atomic E-state index is 0.638. The minimum Gasteiger partial charge on any atom is -0.359 e.